The summed E-state index contributed by atoms with van der Waals surface area (Å²) in [4.78, 5) is 8.83. The van der Waals surface area contributed by atoms with E-state index < -0.39 is 0 Å². The summed E-state index contributed by atoms with van der Waals surface area (Å²) < 4.78 is 10.5. The van der Waals surface area contributed by atoms with Gasteiger partial charge in [0.15, 0.2) is 5.82 Å². The smallest absolute Gasteiger partial charge is 0.228 e. The molecule has 0 bridgehead atoms. The van der Waals surface area contributed by atoms with Crippen molar-refractivity contribution in [3.63, 3.8) is 0 Å². The molecule has 0 aliphatic rings. The molecule has 0 saturated carbocycles. The van der Waals surface area contributed by atoms with Crippen LogP contribution in [0.5, 0.6) is 0 Å². The predicted molar refractivity (Wildman–Crippen MR) is 80.1 cm³/mol. The van der Waals surface area contributed by atoms with Gasteiger partial charge in [0.1, 0.15) is 17.0 Å². The minimum Gasteiger partial charge on any atom is -0.383 e. The number of aryl methyl sites for hydroxylation is 1. The summed E-state index contributed by atoms with van der Waals surface area (Å²) in [6.07, 6.45) is 0. The SMILES string of the molecule is COCCNc1nc(C)nc2c(-c3ccccc3)noc12. The van der Waals surface area contributed by atoms with Gasteiger partial charge < -0.3 is 14.6 Å². The number of fused-ring (bicyclic) bond motifs is 1. The molecule has 108 valence electrons. The van der Waals surface area contributed by atoms with Gasteiger partial charge in [-0.1, -0.05) is 35.5 Å². The minimum atomic E-state index is 0.565. The van der Waals surface area contributed by atoms with E-state index in [9.17, 15) is 0 Å². The van der Waals surface area contributed by atoms with Crippen LogP contribution >= 0.6 is 0 Å². The summed E-state index contributed by atoms with van der Waals surface area (Å²) in [5, 5.41) is 7.33. The molecular formula is C15H16N4O2. The van der Waals surface area contributed by atoms with Gasteiger partial charge in [-0.3, -0.25) is 0 Å². The highest BCUT2D eigenvalue weighted by Gasteiger charge is 2.16. The van der Waals surface area contributed by atoms with Crippen molar-refractivity contribution in [2.24, 2.45) is 0 Å². The Bertz CT molecular complexity index is 740. The molecule has 2 heterocycles. The molecule has 0 amide bonds. The number of hydrogen-bond acceptors (Lipinski definition) is 6. The number of nitrogens with zero attached hydrogens (tertiary/aromatic N) is 3. The molecule has 0 spiro atoms. The van der Waals surface area contributed by atoms with Crippen LogP contribution in [0.4, 0.5) is 5.82 Å². The van der Waals surface area contributed by atoms with Crippen molar-refractivity contribution in [3.8, 4) is 11.3 Å². The van der Waals surface area contributed by atoms with Crippen molar-refractivity contribution in [2.45, 2.75) is 6.92 Å². The molecule has 2 aromatic heterocycles. The first-order valence-corrected chi connectivity index (χ1v) is 6.72. The molecule has 0 saturated heterocycles. The van der Waals surface area contributed by atoms with Gasteiger partial charge in [0.2, 0.25) is 5.58 Å². The van der Waals surface area contributed by atoms with Crippen LogP contribution in [0, 0.1) is 6.92 Å². The first kappa shape index (κ1) is 13.5. The molecule has 21 heavy (non-hydrogen) atoms. The second-order valence-electron chi connectivity index (χ2n) is 4.61. The fraction of sp³-hybridized carbons (Fsp3) is 0.267. The number of benzene rings is 1. The number of anilines is 1. The lowest BCUT2D eigenvalue weighted by Gasteiger charge is -2.05. The van der Waals surface area contributed by atoms with Crippen LogP contribution in [-0.4, -0.2) is 35.4 Å². The van der Waals surface area contributed by atoms with Crippen LogP contribution in [0.3, 0.4) is 0 Å². The molecule has 1 N–H and O–H groups in total. The van der Waals surface area contributed by atoms with Gasteiger partial charge in [0, 0.05) is 19.2 Å². The van der Waals surface area contributed by atoms with Crippen molar-refractivity contribution in [3.05, 3.63) is 36.2 Å². The highest BCUT2D eigenvalue weighted by atomic mass is 16.5. The maximum atomic E-state index is 5.44. The van der Waals surface area contributed by atoms with Crippen molar-refractivity contribution >= 4 is 16.9 Å². The average Bonchev–Trinajstić information content (AvgIpc) is 2.92. The van der Waals surface area contributed by atoms with Gasteiger partial charge in [0.25, 0.3) is 0 Å². The number of hydrogen-bond donors (Lipinski definition) is 1. The Labute approximate surface area is 122 Å². The van der Waals surface area contributed by atoms with E-state index in [-0.39, 0.29) is 0 Å². The average molecular weight is 284 g/mol. The third kappa shape index (κ3) is 2.71. The molecule has 6 heteroatoms. The van der Waals surface area contributed by atoms with E-state index in [1.54, 1.807) is 7.11 Å². The molecule has 0 radical (unpaired) electrons. The molecule has 0 unspecified atom stereocenters. The van der Waals surface area contributed by atoms with Crippen molar-refractivity contribution in [1.82, 2.24) is 15.1 Å². The Morgan fingerprint density at radius 1 is 1.19 bits per heavy atom. The van der Waals surface area contributed by atoms with Crippen LogP contribution in [0.15, 0.2) is 34.9 Å². The maximum Gasteiger partial charge on any atom is 0.228 e. The molecular weight excluding hydrogens is 268 g/mol. The maximum absolute atomic E-state index is 5.44. The molecule has 0 aliphatic carbocycles. The van der Waals surface area contributed by atoms with Crippen LogP contribution in [0.1, 0.15) is 5.82 Å². The Morgan fingerprint density at radius 2 is 2.00 bits per heavy atom. The Morgan fingerprint density at radius 3 is 2.76 bits per heavy atom. The zero-order chi connectivity index (χ0) is 14.7. The molecule has 0 fully saturated rings. The van der Waals surface area contributed by atoms with Crippen molar-refractivity contribution in [1.29, 1.82) is 0 Å². The highest BCUT2D eigenvalue weighted by Crippen LogP contribution is 2.29. The number of rotatable bonds is 5. The van der Waals surface area contributed by atoms with E-state index in [4.69, 9.17) is 9.26 Å². The van der Waals surface area contributed by atoms with Crippen molar-refractivity contribution in [2.75, 3.05) is 25.6 Å². The Hall–Kier alpha value is -2.47. The minimum absolute atomic E-state index is 0.565. The fourth-order valence-corrected chi connectivity index (χ4v) is 2.12. The summed E-state index contributed by atoms with van der Waals surface area (Å²) >= 11 is 0. The zero-order valence-electron chi connectivity index (χ0n) is 12.0. The number of methoxy groups -OCH3 is 1. The topological polar surface area (TPSA) is 73.1 Å². The van der Waals surface area contributed by atoms with Gasteiger partial charge in [-0.15, -0.1) is 0 Å². The highest BCUT2D eigenvalue weighted by molar-refractivity contribution is 5.93. The predicted octanol–water partition coefficient (Wildman–Crippen LogP) is 2.65. The van der Waals surface area contributed by atoms with Crippen LogP contribution in [0.2, 0.25) is 0 Å². The molecule has 3 aromatic rings. The fourth-order valence-electron chi connectivity index (χ4n) is 2.12. The summed E-state index contributed by atoms with van der Waals surface area (Å²) in [6.45, 7) is 3.08. The van der Waals surface area contributed by atoms with Gasteiger partial charge in [-0.25, -0.2) is 9.97 Å². The largest absolute Gasteiger partial charge is 0.383 e. The molecule has 1 aromatic carbocycles. The summed E-state index contributed by atoms with van der Waals surface area (Å²) in [7, 11) is 1.66. The number of nitrogens with one attached hydrogen (secondary N) is 1. The van der Waals surface area contributed by atoms with E-state index in [0.717, 1.165) is 11.3 Å². The van der Waals surface area contributed by atoms with Crippen LogP contribution in [0.25, 0.3) is 22.4 Å². The lowest BCUT2D eigenvalue weighted by atomic mass is 10.1. The quantitative estimate of drug-likeness (QED) is 0.726. The van der Waals surface area contributed by atoms with E-state index in [1.807, 2.05) is 37.3 Å². The lowest BCUT2D eigenvalue weighted by molar-refractivity contribution is 0.210. The normalized spacial score (nSPS) is 11.0. The van der Waals surface area contributed by atoms with E-state index >= 15 is 0 Å². The van der Waals surface area contributed by atoms with Gasteiger partial charge in [0.05, 0.1) is 6.61 Å². The van der Waals surface area contributed by atoms with Gasteiger partial charge in [-0.05, 0) is 6.92 Å². The summed E-state index contributed by atoms with van der Waals surface area (Å²) in [5.74, 6) is 1.31. The third-order valence-corrected chi connectivity index (χ3v) is 3.08. The molecule has 3 rings (SSSR count). The van der Waals surface area contributed by atoms with E-state index in [1.165, 1.54) is 0 Å². The second kappa shape index (κ2) is 5.88. The number of ether oxygens (including phenoxy) is 1. The Balaban J connectivity index is 2.05. The van der Waals surface area contributed by atoms with E-state index in [0.29, 0.717) is 35.9 Å². The van der Waals surface area contributed by atoms with E-state index in [2.05, 4.69) is 20.4 Å². The van der Waals surface area contributed by atoms with Crippen LogP contribution < -0.4 is 5.32 Å². The monoisotopic (exact) mass is 284 g/mol. The molecule has 6 nitrogen and oxygen atoms in total. The zero-order valence-corrected chi connectivity index (χ0v) is 12.0. The van der Waals surface area contributed by atoms with Crippen molar-refractivity contribution < 1.29 is 9.26 Å². The Kier molecular flexibility index (Phi) is 3.79. The molecule has 0 aliphatic heterocycles. The lowest BCUT2D eigenvalue weighted by Crippen LogP contribution is -2.09. The van der Waals surface area contributed by atoms with Crippen LogP contribution in [-0.2, 0) is 4.74 Å². The molecule has 0 atom stereocenters. The standard InChI is InChI=1S/C15H16N4O2/c1-10-17-13-12(11-6-4-3-5-7-11)19-21-14(13)15(18-10)16-8-9-20-2/h3-7H,8-9H2,1-2H3,(H,16,17,18). The van der Waals surface area contributed by atoms with Gasteiger partial charge in [-0.2, -0.15) is 0 Å². The first-order valence-electron chi connectivity index (χ1n) is 6.72. The first-order chi connectivity index (χ1) is 10.3. The summed E-state index contributed by atoms with van der Waals surface area (Å²) in [6, 6.07) is 9.84. The summed E-state index contributed by atoms with van der Waals surface area (Å²) in [5.41, 5.74) is 2.98. The second-order valence-corrected chi connectivity index (χ2v) is 4.61. The number of aromatic nitrogens is 3. The third-order valence-electron chi connectivity index (χ3n) is 3.08. The van der Waals surface area contributed by atoms with Gasteiger partial charge >= 0.3 is 0 Å².